The summed E-state index contributed by atoms with van der Waals surface area (Å²) < 4.78 is 13.1. The van der Waals surface area contributed by atoms with Gasteiger partial charge in [-0.2, -0.15) is 5.26 Å². The van der Waals surface area contributed by atoms with Crippen LogP contribution < -0.4 is 5.32 Å². The predicted molar refractivity (Wildman–Crippen MR) is 67.4 cm³/mol. The highest BCUT2D eigenvalue weighted by molar-refractivity contribution is 5.56. The number of nitriles is 1. The molecule has 1 unspecified atom stereocenters. The van der Waals surface area contributed by atoms with Crippen LogP contribution in [0.3, 0.4) is 0 Å². The van der Waals surface area contributed by atoms with Gasteiger partial charge in [0.15, 0.2) is 0 Å². The van der Waals surface area contributed by atoms with E-state index in [0.29, 0.717) is 11.3 Å². The summed E-state index contributed by atoms with van der Waals surface area (Å²) in [4.78, 5) is 3.97. The van der Waals surface area contributed by atoms with Crippen molar-refractivity contribution in [2.45, 2.75) is 13.0 Å². The second kappa shape index (κ2) is 5.28. The molecule has 0 radical (unpaired) electrons. The number of hydrogen-bond donors (Lipinski definition) is 1. The van der Waals surface area contributed by atoms with Crippen LogP contribution >= 0.6 is 0 Å². The average Bonchev–Trinajstić information content (AvgIpc) is 2.39. The zero-order valence-electron chi connectivity index (χ0n) is 9.89. The summed E-state index contributed by atoms with van der Waals surface area (Å²) in [6.07, 6.45) is 3.16. The van der Waals surface area contributed by atoms with Gasteiger partial charge in [-0.25, -0.2) is 4.39 Å². The van der Waals surface area contributed by atoms with Crippen molar-refractivity contribution in [2.24, 2.45) is 0 Å². The molecule has 2 aromatic rings. The Labute approximate surface area is 105 Å². The molecule has 3 nitrogen and oxygen atoms in total. The van der Waals surface area contributed by atoms with Crippen molar-refractivity contribution in [3.63, 3.8) is 0 Å². The number of pyridine rings is 1. The van der Waals surface area contributed by atoms with Crippen LogP contribution in [-0.2, 0) is 0 Å². The SMILES string of the molecule is CC(Nc1cnccc1C#N)c1cccc(F)c1. The summed E-state index contributed by atoms with van der Waals surface area (Å²) in [7, 11) is 0. The zero-order valence-corrected chi connectivity index (χ0v) is 9.89. The van der Waals surface area contributed by atoms with E-state index in [4.69, 9.17) is 5.26 Å². The van der Waals surface area contributed by atoms with Crippen LogP contribution in [-0.4, -0.2) is 4.98 Å². The van der Waals surface area contributed by atoms with E-state index in [1.165, 1.54) is 12.1 Å². The fourth-order valence-electron chi connectivity index (χ4n) is 1.70. The second-order valence-corrected chi connectivity index (χ2v) is 3.95. The van der Waals surface area contributed by atoms with E-state index in [0.717, 1.165) is 5.56 Å². The summed E-state index contributed by atoms with van der Waals surface area (Å²) >= 11 is 0. The molecule has 0 aliphatic carbocycles. The zero-order chi connectivity index (χ0) is 13.0. The van der Waals surface area contributed by atoms with Crippen molar-refractivity contribution in [2.75, 3.05) is 5.32 Å². The molecular weight excluding hydrogens is 229 g/mol. The van der Waals surface area contributed by atoms with E-state index in [9.17, 15) is 4.39 Å². The Bertz CT molecular complexity index is 590. The summed E-state index contributed by atoms with van der Waals surface area (Å²) in [6.45, 7) is 1.91. The minimum atomic E-state index is -0.271. The lowest BCUT2D eigenvalue weighted by Crippen LogP contribution is -2.08. The molecule has 90 valence electrons. The Morgan fingerprint density at radius 1 is 1.39 bits per heavy atom. The van der Waals surface area contributed by atoms with Gasteiger partial charge in [0.1, 0.15) is 11.9 Å². The molecule has 0 saturated carbocycles. The van der Waals surface area contributed by atoms with E-state index in [2.05, 4.69) is 16.4 Å². The van der Waals surface area contributed by atoms with Crippen molar-refractivity contribution in [1.29, 1.82) is 5.26 Å². The molecule has 1 atom stereocenters. The Kier molecular flexibility index (Phi) is 3.54. The van der Waals surface area contributed by atoms with Crippen molar-refractivity contribution in [3.8, 4) is 6.07 Å². The number of anilines is 1. The maximum atomic E-state index is 13.1. The molecule has 1 heterocycles. The standard InChI is InChI=1S/C14H12FN3/c1-10(11-3-2-4-13(15)7-11)18-14-9-17-6-5-12(14)8-16/h2-7,9-10,18H,1H3. The van der Waals surface area contributed by atoms with E-state index >= 15 is 0 Å². The third kappa shape index (κ3) is 2.64. The fourth-order valence-corrected chi connectivity index (χ4v) is 1.70. The van der Waals surface area contributed by atoms with Crippen molar-refractivity contribution in [1.82, 2.24) is 4.98 Å². The van der Waals surface area contributed by atoms with E-state index in [1.54, 1.807) is 24.5 Å². The molecule has 4 heteroatoms. The third-order valence-corrected chi connectivity index (χ3v) is 2.66. The maximum Gasteiger partial charge on any atom is 0.123 e. The smallest absolute Gasteiger partial charge is 0.123 e. The Hall–Kier alpha value is -2.41. The minimum absolute atomic E-state index is 0.100. The lowest BCUT2D eigenvalue weighted by Gasteiger charge is -2.16. The van der Waals surface area contributed by atoms with Crippen LogP contribution in [0.2, 0.25) is 0 Å². The molecule has 0 amide bonds. The van der Waals surface area contributed by atoms with Crippen molar-refractivity contribution >= 4 is 5.69 Å². The van der Waals surface area contributed by atoms with Crippen LogP contribution in [0.1, 0.15) is 24.1 Å². The average molecular weight is 241 g/mol. The first-order chi connectivity index (χ1) is 8.70. The Morgan fingerprint density at radius 3 is 2.94 bits per heavy atom. The molecule has 18 heavy (non-hydrogen) atoms. The summed E-state index contributed by atoms with van der Waals surface area (Å²) in [5.41, 5.74) is 1.99. The normalized spacial score (nSPS) is 11.6. The van der Waals surface area contributed by atoms with Gasteiger partial charge in [-0.15, -0.1) is 0 Å². The van der Waals surface area contributed by atoms with Crippen LogP contribution in [0.15, 0.2) is 42.7 Å². The summed E-state index contributed by atoms with van der Waals surface area (Å²) in [5, 5.41) is 12.1. The predicted octanol–water partition coefficient (Wildman–Crippen LogP) is 3.27. The highest BCUT2D eigenvalue weighted by Gasteiger charge is 2.08. The molecular formula is C14H12FN3. The van der Waals surface area contributed by atoms with Crippen LogP contribution in [0.4, 0.5) is 10.1 Å². The van der Waals surface area contributed by atoms with E-state index in [1.807, 2.05) is 13.0 Å². The van der Waals surface area contributed by atoms with Gasteiger partial charge >= 0.3 is 0 Å². The molecule has 1 N–H and O–H groups in total. The van der Waals surface area contributed by atoms with Gasteiger partial charge in [0.2, 0.25) is 0 Å². The van der Waals surface area contributed by atoms with Gasteiger partial charge < -0.3 is 5.32 Å². The Morgan fingerprint density at radius 2 is 2.22 bits per heavy atom. The lowest BCUT2D eigenvalue weighted by molar-refractivity contribution is 0.623. The lowest BCUT2D eigenvalue weighted by atomic mass is 10.1. The van der Waals surface area contributed by atoms with Gasteiger partial charge in [0, 0.05) is 12.2 Å². The second-order valence-electron chi connectivity index (χ2n) is 3.95. The van der Waals surface area contributed by atoms with Crippen molar-refractivity contribution in [3.05, 3.63) is 59.7 Å². The number of benzene rings is 1. The van der Waals surface area contributed by atoms with Gasteiger partial charge in [0.25, 0.3) is 0 Å². The molecule has 0 aliphatic rings. The molecule has 0 fully saturated rings. The molecule has 1 aromatic carbocycles. The van der Waals surface area contributed by atoms with E-state index < -0.39 is 0 Å². The van der Waals surface area contributed by atoms with E-state index in [-0.39, 0.29) is 11.9 Å². The van der Waals surface area contributed by atoms with Crippen LogP contribution in [0.5, 0.6) is 0 Å². The molecule has 1 aromatic heterocycles. The number of aromatic nitrogens is 1. The number of halogens is 1. The minimum Gasteiger partial charge on any atom is -0.376 e. The maximum absolute atomic E-state index is 13.1. The number of rotatable bonds is 3. The highest BCUT2D eigenvalue weighted by atomic mass is 19.1. The quantitative estimate of drug-likeness (QED) is 0.897. The molecule has 0 saturated heterocycles. The summed E-state index contributed by atoms with van der Waals surface area (Å²) in [5.74, 6) is -0.271. The monoisotopic (exact) mass is 241 g/mol. The molecule has 0 spiro atoms. The van der Waals surface area contributed by atoms with Gasteiger partial charge in [-0.1, -0.05) is 12.1 Å². The van der Waals surface area contributed by atoms with Gasteiger partial charge in [0.05, 0.1) is 17.4 Å². The van der Waals surface area contributed by atoms with Crippen LogP contribution in [0.25, 0.3) is 0 Å². The van der Waals surface area contributed by atoms with Gasteiger partial charge in [-0.3, -0.25) is 4.98 Å². The summed E-state index contributed by atoms with van der Waals surface area (Å²) in [6, 6.07) is 10.0. The molecule has 0 aliphatic heterocycles. The molecule has 0 bridgehead atoms. The molecule has 2 rings (SSSR count). The topological polar surface area (TPSA) is 48.7 Å². The number of hydrogen-bond acceptors (Lipinski definition) is 3. The van der Waals surface area contributed by atoms with Gasteiger partial charge in [-0.05, 0) is 30.7 Å². The first-order valence-corrected chi connectivity index (χ1v) is 5.57. The third-order valence-electron chi connectivity index (χ3n) is 2.66. The number of nitrogens with one attached hydrogen (secondary N) is 1. The first-order valence-electron chi connectivity index (χ1n) is 5.57. The number of nitrogens with zero attached hydrogens (tertiary/aromatic N) is 2. The fraction of sp³-hybridized carbons (Fsp3) is 0.143. The highest BCUT2D eigenvalue weighted by Crippen LogP contribution is 2.21. The largest absolute Gasteiger partial charge is 0.376 e. The van der Waals surface area contributed by atoms with Crippen LogP contribution in [0, 0.1) is 17.1 Å². The Balaban J connectivity index is 2.22. The first kappa shape index (κ1) is 12.1. The van der Waals surface area contributed by atoms with Crippen molar-refractivity contribution < 1.29 is 4.39 Å².